The van der Waals surface area contributed by atoms with Crippen LogP contribution in [0.5, 0.6) is 0 Å². The van der Waals surface area contributed by atoms with Crippen LogP contribution in [0.1, 0.15) is 30.7 Å². The fourth-order valence-corrected chi connectivity index (χ4v) is 1.18. The van der Waals surface area contributed by atoms with Crippen molar-refractivity contribution in [3.05, 3.63) is 29.1 Å². The third kappa shape index (κ3) is 1.79. The number of rotatable bonds is 2. The van der Waals surface area contributed by atoms with Crippen molar-refractivity contribution in [3.8, 4) is 0 Å². The predicted molar refractivity (Wildman–Crippen MR) is 47.7 cm³/mol. The second-order valence-corrected chi connectivity index (χ2v) is 2.80. The topological polar surface area (TPSA) is 12.9 Å². The molecule has 0 N–H and O–H groups in total. The van der Waals surface area contributed by atoms with E-state index < -0.39 is 0 Å². The molecule has 1 heterocycles. The van der Waals surface area contributed by atoms with Gasteiger partial charge < -0.3 is 0 Å². The number of aryl methyl sites for hydroxylation is 3. The van der Waals surface area contributed by atoms with Gasteiger partial charge in [0.2, 0.25) is 0 Å². The van der Waals surface area contributed by atoms with Crippen molar-refractivity contribution < 1.29 is 0 Å². The Hall–Kier alpha value is -0.850. The van der Waals surface area contributed by atoms with Crippen LogP contribution in [-0.2, 0) is 12.8 Å². The largest absolute Gasteiger partial charge is 0.261 e. The molecule has 11 heavy (non-hydrogen) atoms. The van der Waals surface area contributed by atoms with Gasteiger partial charge in [-0.2, -0.15) is 0 Å². The van der Waals surface area contributed by atoms with Crippen LogP contribution in [0.15, 0.2) is 12.3 Å². The van der Waals surface area contributed by atoms with Crippen LogP contribution >= 0.6 is 0 Å². The zero-order valence-corrected chi connectivity index (χ0v) is 7.52. The van der Waals surface area contributed by atoms with Crippen molar-refractivity contribution in [1.29, 1.82) is 0 Å². The minimum atomic E-state index is 1.08. The van der Waals surface area contributed by atoms with Gasteiger partial charge in [-0.3, -0.25) is 4.98 Å². The third-order valence-corrected chi connectivity index (χ3v) is 2.04. The molecule has 0 bridgehead atoms. The third-order valence-electron chi connectivity index (χ3n) is 2.04. The molecule has 0 aliphatic heterocycles. The Morgan fingerprint density at radius 2 is 2.00 bits per heavy atom. The van der Waals surface area contributed by atoms with Gasteiger partial charge in [-0.25, -0.2) is 0 Å². The molecule has 1 nitrogen and oxygen atoms in total. The summed E-state index contributed by atoms with van der Waals surface area (Å²) in [5.41, 5.74) is 3.89. The second kappa shape index (κ2) is 3.51. The Morgan fingerprint density at radius 1 is 1.27 bits per heavy atom. The zero-order valence-electron chi connectivity index (χ0n) is 7.52. The van der Waals surface area contributed by atoms with Crippen LogP contribution in [0, 0.1) is 6.92 Å². The van der Waals surface area contributed by atoms with Gasteiger partial charge in [-0.15, -0.1) is 0 Å². The molecule has 0 unspecified atom stereocenters. The molecule has 1 rings (SSSR count). The lowest BCUT2D eigenvalue weighted by Crippen LogP contribution is -1.93. The molecule has 0 aromatic carbocycles. The Kier molecular flexibility index (Phi) is 2.64. The average molecular weight is 149 g/mol. The number of aromatic nitrogens is 1. The first-order valence-corrected chi connectivity index (χ1v) is 4.22. The summed E-state index contributed by atoms with van der Waals surface area (Å²) < 4.78 is 0. The van der Waals surface area contributed by atoms with E-state index in [1.165, 1.54) is 16.8 Å². The van der Waals surface area contributed by atoms with Crippen LogP contribution in [0.25, 0.3) is 0 Å². The highest BCUT2D eigenvalue weighted by molar-refractivity contribution is 5.24. The van der Waals surface area contributed by atoms with E-state index in [0.717, 1.165) is 12.8 Å². The highest BCUT2D eigenvalue weighted by Gasteiger charge is 1.97. The molecule has 0 saturated heterocycles. The minimum Gasteiger partial charge on any atom is -0.261 e. The Balaban J connectivity index is 3.02. The Labute approximate surface area is 68.5 Å². The summed E-state index contributed by atoms with van der Waals surface area (Å²) in [7, 11) is 0. The molecule has 60 valence electrons. The van der Waals surface area contributed by atoms with Crippen LogP contribution < -0.4 is 0 Å². The lowest BCUT2D eigenvalue weighted by Gasteiger charge is -2.03. The molecule has 0 spiro atoms. The first kappa shape index (κ1) is 8.25. The Bertz CT molecular complexity index is 241. The van der Waals surface area contributed by atoms with E-state index >= 15 is 0 Å². The summed E-state index contributed by atoms with van der Waals surface area (Å²) in [5.74, 6) is 0. The predicted octanol–water partition coefficient (Wildman–Crippen LogP) is 2.51. The van der Waals surface area contributed by atoms with Crippen molar-refractivity contribution >= 4 is 0 Å². The van der Waals surface area contributed by atoms with E-state index in [-0.39, 0.29) is 0 Å². The van der Waals surface area contributed by atoms with Gasteiger partial charge in [0.1, 0.15) is 0 Å². The zero-order chi connectivity index (χ0) is 8.27. The molecule has 0 saturated carbocycles. The van der Waals surface area contributed by atoms with E-state index in [0.29, 0.717) is 0 Å². The minimum absolute atomic E-state index is 1.08. The summed E-state index contributed by atoms with van der Waals surface area (Å²) in [6.07, 6.45) is 4.14. The summed E-state index contributed by atoms with van der Waals surface area (Å²) in [4.78, 5) is 4.32. The maximum atomic E-state index is 4.32. The SMILES string of the molecule is CCc1cnc(C)c(CC)c1. The molecular weight excluding hydrogens is 134 g/mol. The number of pyridine rings is 1. The molecule has 1 heteroatoms. The number of nitrogens with zero attached hydrogens (tertiary/aromatic N) is 1. The average Bonchev–Trinajstić information content (AvgIpc) is 2.05. The maximum absolute atomic E-state index is 4.32. The van der Waals surface area contributed by atoms with Gasteiger partial charge in [-0.1, -0.05) is 19.9 Å². The van der Waals surface area contributed by atoms with Crippen molar-refractivity contribution in [2.24, 2.45) is 0 Å². The van der Waals surface area contributed by atoms with E-state index in [2.05, 4.69) is 31.8 Å². The first-order valence-electron chi connectivity index (χ1n) is 4.22. The van der Waals surface area contributed by atoms with E-state index in [4.69, 9.17) is 0 Å². The number of hydrogen-bond donors (Lipinski definition) is 0. The highest BCUT2D eigenvalue weighted by atomic mass is 14.7. The van der Waals surface area contributed by atoms with Crippen LogP contribution in [-0.4, -0.2) is 4.98 Å². The van der Waals surface area contributed by atoms with Crippen molar-refractivity contribution in [3.63, 3.8) is 0 Å². The fourth-order valence-electron chi connectivity index (χ4n) is 1.18. The van der Waals surface area contributed by atoms with E-state index in [1.807, 2.05) is 6.20 Å². The molecular formula is C10H15N. The smallest absolute Gasteiger partial charge is 0.0404 e. The quantitative estimate of drug-likeness (QED) is 0.629. The second-order valence-electron chi connectivity index (χ2n) is 2.80. The molecule has 1 aromatic rings. The monoisotopic (exact) mass is 149 g/mol. The molecule has 0 aliphatic rings. The van der Waals surface area contributed by atoms with Gasteiger partial charge in [0, 0.05) is 11.9 Å². The van der Waals surface area contributed by atoms with Crippen molar-refractivity contribution in [2.45, 2.75) is 33.6 Å². The van der Waals surface area contributed by atoms with Crippen molar-refractivity contribution in [2.75, 3.05) is 0 Å². The van der Waals surface area contributed by atoms with E-state index in [1.54, 1.807) is 0 Å². The molecule has 0 amide bonds. The van der Waals surface area contributed by atoms with Gasteiger partial charge >= 0.3 is 0 Å². The number of hydrogen-bond acceptors (Lipinski definition) is 1. The molecule has 0 radical (unpaired) electrons. The highest BCUT2D eigenvalue weighted by Crippen LogP contribution is 2.08. The van der Waals surface area contributed by atoms with Crippen LogP contribution in [0.4, 0.5) is 0 Å². The summed E-state index contributed by atoms with van der Waals surface area (Å²) >= 11 is 0. The van der Waals surface area contributed by atoms with Gasteiger partial charge in [0.15, 0.2) is 0 Å². The molecule has 0 aliphatic carbocycles. The Morgan fingerprint density at radius 3 is 2.55 bits per heavy atom. The normalized spacial score (nSPS) is 10.1. The van der Waals surface area contributed by atoms with Gasteiger partial charge in [-0.05, 0) is 30.9 Å². The molecule has 1 aromatic heterocycles. The van der Waals surface area contributed by atoms with Crippen LogP contribution in [0.2, 0.25) is 0 Å². The maximum Gasteiger partial charge on any atom is 0.0404 e. The summed E-state index contributed by atoms with van der Waals surface area (Å²) in [6, 6.07) is 2.25. The standard InChI is InChI=1S/C10H15N/c1-4-9-6-10(5-2)8(3)11-7-9/h6-7H,4-5H2,1-3H3. The summed E-state index contributed by atoms with van der Waals surface area (Å²) in [5, 5.41) is 0. The van der Waals surface area contributed by atoms with Gasteiger partial charge in [0.25, 0.3) is 0 Å². The van der Waals surface area contributed by atoms with E-state index in [9.17, 15) is 0 Å². The lowest BCUT2D eigenvalue weighted by atomic mass is 10.1. The van der Waals surface area contributed by atoms with Gasteiger partial charge in [0.05, 0.1) is 0 Å². The van der Waals surface area contributed by atoms with Crippen molar-refractivity contribution in [1.82, 2.24) is 4.98 Å². The molecule has 0 fully saturated rings. The first-order chi connectivity index (χ1) is 5.27. The fraction of sp³-hybridized carbons (Fsp3) is 0.500. The molecule has 0 atom stereocenters. The lowest BCUT2D eigenvalue weighted by molar-refractivity contribution is 1.00. The van der Waals surface area contributed by atoms with Crippen LogP contribution in [0.3, 0.4) is 0 Å². The summed E-state index contributed by atoms with van der Waals surface area (Å²) in [6.45, 7) is 6.40.